The molecular weight excluding hydrogens is 226 g/mol. The molecule has 18 heavy (non-hydrogen) atoms. The number of aromatic nitrogens is 2. The van der Waals surface area contributed by atoms with Gasteiger partial charge in [0.15, 0.2) is 0 Å². The lowest BCUT2D eigenvalue weighted by atomic mass is 9.93. The van der Waals surface area contributed by atoms with E-state index in [0.29, 0.717) is 19.0 Å². The molecule has 2 rings (SSSR count). The number of nitrogens with two attached hydrogens (primary N) is 1. The number of nitrogens with zero attached hydrogens (tertiary/aromatic N) is 2. The van der Waals surface area contributed by atoms with Crippen LogP contribution in [0, 0.1) is 0 Å². The highest BCUT2D eigenvalue weighted by atomic mass is 16.3. The maximum absolute atomic E-state index is 10.4. The summed E-state index contributed by atoms with van der Waals surface area (Å²) in [4.78, 5) is 0. The van der Waals surface area contributed by atoms with Crippen LogP contribution in [0.15, 0.2) is 12.3 Å². The van der Waals surface area contributed by atoms with Crippen molar-refractivity contribution in [3.8, 4) is 0 Å². The van der Waals surface area contributed by atoms with Gasteiger partial charge in [0.25, 0.3) is 0 Å². The van der Waals surface area contributed by atoms with Gasteiger partial charge in [0, 0.05) is 19.2 Å². The maximum atomic E-state index is 10.4. The Hall–Kier alpha value is -0.870. The first kappa shape index (κ1) is 13.6. The molecule has 1 aromatic heterocycles. The minimum Gasteiger partial charge on any atom is -0.388 e. The van der Waals surface area contributed by atoms with Crippen molar-refractivity contribution >= 4 is 0 Å². The molecule has 1 fully saturated rings. The van der Waals surface area contributed by atoms with Crippen molar-refractivity contribution in [2.75, 3.05) is 6.54 Å². The molecule has 0 aliphatic heterocycles. The minimum atomic E-state index is -0.788. The average Bonchev–Trinajstić information content (AvgIpc) is 2.99. The molecular formula is C14H25N3O. The van der Waals surface area contributed by atoms with Gasteiger partial charge in [0.05, 0.1) is 17.3 Å². The SMILES string of the molecule is CCCC(O)(CN)Cc1ccn(C2CCCC2)n1. The van der Waals surface area contributed by atoms with Crippen LogP contribution in [0.3, 0.4) is 0 Å². The summed E-state index contributed by atoms with van der Waals surface area (Å²) in [5.74, 6) is 0. The second-order valence-corrected chi connectivity index (χ2v) is 5.58. The third kappa shape index (κ3) is 3.12. The van der Waals surface area contributed by atoms with Gasteiger partial charge in [-0.2, -0.15) is 5.10 Å². The average molecular weight is 251 g/mol. The highest BCUT2D eigenvalue weighted by Crippen LogP contribution is 2.29. The van der Waals surface area contributed by atoms with E-state index in [-0.39, 0.29) is 0 Å². The van der Waals surface area contributed by atoms with E-state index in [1.54, 1.807) is 0 Å². The second kappa shape index (κ2) is 5.85. The van der Waals surface area contributed by atoms with Gasteiger partial charge in [-0.15, -0.1) is 0 Å². The molecule has 1 saturated carbocycles. The quantitative estimate of drug-likeness (QED) is 0.813. The number of aliphatic hydroxyl groups is 1. The van der Waals surface area contributed by atoms with Crippen LogP contribution in [0.25, 0.3) is 0 Å². The molecule has 1 unspecified atom stereocenters. The summed E-state index contributed by atoms with van der Waals surface area (Å²) >= 11 is 0. The zero-order chi connectivity index (χ0) is 13.0. The molecule has 0 amide bonds. The molecule has 0 radical (unpaired) electrons. The van der Waals surface area contributed by atoms with Crippen molar-refractivity contribution in [3.05, 3.63) is 18.0 Å². The van der Waals surface area contributed by atoms with Crippen molar-refractivity contribution in [3.63, 3.8) is 0 Å². The summed E-state index contributed by atoms with van der Waals surface area (Å²) in [6.45, 7) is 2.37. The predicted octanol–water partition coefficient (Wildman–Crippen LogP) is 2.03. The van der Waals surface area contributed by atoms with Crippen LogP contribution in [-0.4, -0.2) is 27.0 Å². The summed E-state index contributed by atoms with van der Waals surface area (Å²) < 4.78 is 2.07. The maximum Gasteiger partial charge on any atom is 0.0825 e. The van der Waals surface area contributed by atoms with Crippen LogP contribution in [-0.2, 0) is 6.42 Å². The van der Waals surface area contributed by atoms with Crippen LogP contribution in [0.1, 0.15) is 57.2 Å². The Morgan fingerprint density at radius 1 is 1.50 bits per heavy atom. The van der Waals surface area contributed by atoms with Gasteiger partial charge in [0.2, 0.25) is 0 Å². The molecule has 0 bridgehead atoms. The summed E-state index contributed by atoms with van der Waals surface area (Å²) in [6, 6.07) is 2.59. The Bertz CT molecular complexity index is 371. The van der Waals surface area contributed by atoms with E-state index >= 15 is 0 Å². The smallest absolute Gasteiger partial charge is 0.0825 e. The Morgan fingerprint density at radius 2 is 2.22 bits per heavy atom. The molecule has 3 N–H and O–H groups in total. The van der Waals surface area contributed by atoms with Crippen LogP contribution < -0.4 is 5.73 Å². The van der Waals surface area contributed by atoms with Crippen molar-refractivity contribution in [1.82, 2.24) is 9.78 Å². The molecule has 1 aromatic rings. The first-order valence-electron chi connectivity index (χ1n) is 7.13. The molecule has 1 atom stereocenters. The molecule has 1 heterocycles. The molecule has 4 heteroatoms. The van der Waals surface area contributed by atoms with Gasteiger partial charge in [-0.3, -0.25) is 4.68 Å². The van der Waals surface area contributed by atoms with Crippen molar-refractivity contribution in [1.29, 1.82) is 0 Å². The van der Waals surface area contributed by atoms with E-state index in [1.165, 1.54) is 25.7 Å². The third-order valence-electron chi connectivity index (χ3n) is 3.97. The lowest BCUT2D eigenvalue weighted by Crippen LogP contribution is -2.40. The topological polar surface area (TPSA) is 64.1 Å². The van der Waals surface area contributed by atoms with Gasteiger partial charge < -0.3 is 10.8 Å². The third-order valence-corrected chi connectivity index (χ3v) is 3.97. The van der Waals surface area contributed by atoms with Gasteiger partial charge in [-0.05, 0) is 25.3 Å². The van der Waals surface area contributed by atoms with Crippen LogP contribution in [0.4, 0.5) is 0 Å². The number of rotatable bonds is 6. The van der Waals surface area contributed by atoms with E-state index in [1.807, 2.05) is 12.3 Å². The van der Waals surface area contributed by atoms with E-state index < -0.39 is 5.60 Å². The number of hydrogen-bond acceptors (Lipinski definition) is 3. The lowest BCUT2D eigenvalue weighted by Gasteiger charge is -2.25. The standard InChI is InChI=1S/C14H25N3O/c1-2-8-14(18,11-15)10-12-7-9-17(16-12)13-5-3-4-6-13/h7,9,13,18H,2-6,8,10-11,15H2,1H3. The Labute approximate surface area is 109 Å². The number of hydrogen-bond donors (Lipinski definition) is 2. The highest BCUT2D eigenvalue weighted by Gasteiger charge is 2.26. The van der Waals surface area contributed by atoms with Gasteiger partial charge in [-0.25, -0.2) is 0 Å². The largest absolute Gasteiger partial charge is 0.388 e. The fourth-order valence-electron chi connectivity index (χ4n) is 2.91. The molecule has 0 spiro atoms. The minimum absolute atomic E-state index is 0.303. The first-order chi connectivity index (χ1) is 8.67. The second-order valence-electron chi connectivity index (χ2n) is 5.58. The van der Waals surface area contributed by atoms with E-state index in [9.17, 15) is 5.11 Å². The van der Waals surface area contributed by atoms with E-state index in [4.69, 9.17) is 5.73 Å². The Balaban J connectivity index is 2.00. The van der Waals surface area contributed by atoms with Crippen LogP contribution in [0.5, 0.6) is 0 Å². The van der Waals surface area contributed by atoms with E-state index in [0.717, 1.165) is 18.5 Å². The van der Waals surface area contributed by atoms with Crippen LogP contribution in [0.2, 0.25) is 0 Å². The molecule has 1 aliphatic carbocycles. The van der Waals surface area contributed by atoms with Crippen molar-refractivity contribution in [2.24, 2.45) is 5.73 Å². The van der Waals surface area contributed by atoms with Gasteiger partial charge in [0.1, 0.15) is 0 Å². The molecule has 102 valence electrons. The molecule has 0 saturated heterocycles. The normalized spacial score (nSPS) is 20.2. The van der Waals surface area contributed by atoms with Gasteiger partial charge >= 0.3 is 0 Å². The van der Waals surface area contributed by atoms with Crippen LogP contribution >= 0.6 is 0 Å². The van der Waals surface area contributed by atoms with Gasteiger partial charge in [-0.1, -0.05) is 26.2 Å². The molecule has 0 aromatic carbocycles. The summed E-state index contributed by atoms with van der Waals surface area (Å²) in [7, 11) is 0. The molecule has 4 nitrogen and oxygen atoms in total. The molecule has 1 aliphatic rings. The van der Waals surface area contributed by atoms with Crippen molar-refractivity contribution < 1.29 is 5.11 Å². The fourth-order valence-corrected chi connectivity index (χ4v) is 2.91. The summed E-state index contributed by atoms with van der Waals surface area (Å²) in [5, 5.41) is 15.0. The highest BCUT2D eigenvalue weighted by molar-refractivity contribution is 5.05. The zero-order valence-corrected chi connectivity index (χ0v) is 11.3. The zero-order valence-electron chi connectivity index (χ0n) is 11.3. The lowest BCUT2D eigenvalue weighted by molar-refractivity contribution is 0.0388. The monoisotopic (exact) mass is 251 g/mol. The summed E-state index contributed by atoms with van der Waals surface area (Å²) in [6.07, 6.45) is 9.38. The predicted molar refractivity (Wildman–Crippen MR) is 72.3 cm³/mol. The first-order valence-corrected chi connectivity index (χ1v) is 7.13. The summed E-state index contributed by atoms with van der Waals surface area (Å²) in [5.41, 5.74) is 5.86. The fraction of sp³-hybridized carbons (Fsp3) is 0.786. The Morgan fingerprint density at radius 3 is 2.83 bits per heavy atom. The van der Waals surface area contributed by atoms with E-state index in [2.05, 4.69) is 16.7 Å². The van der Waals surface area contributed by atoms with Crippen molar-refractivity contribution in [2.45, 2.75) is 63.5 Å². The Kier molecular flexibility index (Phi) is 4.40.